The van der Waals surface area contributed by atoms with E-state index in [1.54, 1.807) is 0 Å². The SMILES string of the molecule is CC(C)CCCNc1sc(C(N)=O)c(N)c1C(N)=O. The first kappa shape index (κ1) is 15.3. The van der Waals surface area contributed by atoms with Crippen molar-refractivity contribution in [3.8, 4) is 0 Å². The number of nitrogens with two attached hydrogens (primary N) is 3. The van der Waals surface area contributed by atoms with Crippen molar-refractivity contribution >= 4 is 33.8 Å². The van der Waals surface area contributed by atoms with Gasteiger partial charge in [-0.15, -0.1) is 11.3 Å². The van der Waals surface area contributed by atoms with Crippen molar-refractivity contribution in [3.05, 3.63) is 10.4 Å². The highest BCUT2D eigenvalue weighted by molar-refractivity contribution is 7.19. The van der Waals surface area contributed by atoms with Crippen LogP contribution in [-0.2, 0) is 0 Å². The molecule has 7 heteroatoms. The van der Waals surface area contributed by atoms with Gasteiger partial charge in [0.2, 0.25) is 0 Å². The van der Waals surface area contributed by atoms with Crippen molar-refractivity contribution in [1.82, 2.24) is 0 Å². The van der Waals surface area contributed by atoms with Gasteiger partial charge < -0.3 is 22.5 Å². The van der Waals surface area contributed by atoms with Gasteiger partial charge in [-0.1, -0.05) is 13.8 Å². The fourth-order valence-corrected chi connectivity index (χ4v) is 2.71. The number of amides is 2. The Labute approximate surface area is 116 Å². The zero-order valence-corrected chi connectivity index (χ0v) is 12.0. The fraction of sp³-hybridized carbons (Fsp3) is 0.500. The molecular formula is C12H20N4O2S. The Morgan fingerprint density at radius 1 is 1.26 bits per heavy atom. The molecule has 0 fully saturated rings. The Kier molecular flexibility index (Phi) is 5.17. The third-order valence-corrected chi connectivity index (χ3v) is 3.84. The zero-order chi connectivity index (χ0) is 14.6. The molecule has 0 saturated carbocycles. The van der Waals surface area contributed by atoms with Gasteiger partial charge in [-0.2, -0.15) is 0 Å². The zero-order valence-electron chi connectivity index (χ0n) is 11.2. The summed E-state index contributed by atoms with van der Waals surface area (Å²) in [5, 5.41) is 3.61. The van der Waals surface area contributed by atoms with E-state index in [2.05, 4.69) is 19.2 Å². The number of nitrogen functional groups attached to an aromatic ring is 1. The van der Waals surface area contributed by atoms with Gasteiger partial charge in [0.1, 0.15) is 9.88 Å². The maximum atomic E-state index is 11.4. The number of carbonyl (C=O) groups is 2. The molecule has 0 saturated heterocycles. The summed E-state index contributed by atoms with van der Waals surface area (Å²) in [5.74, 6) is -0.695. The Morgan fingerprint density at radius 2 is 1.89 bits per heavy atom. The number of rotatable bonds is 7. The van der Waals surface area contributed by atoms with Crippen LogP contribution in [0.25, 0.3) is 0 Å². The van der Waals surface area contributed by atoms with Gasteiger partial charge in [-0.25, -0.2) is 0 Å². The largest absolute Gasteiger partial charge is 0.397 e. The van der Waals surface area contributed by atoms with Crippen LogP contribution in [0, 0.1) is 5.92 Å². The van der Waals surface area contributed by atoms with Crippen molar-refractivity contribution in [2.24, 2.45) is 17.4 Å². The van der Waals surface area contributed by atoms with Crippen LogP contribution in [-0.4, -0.2) is 18.4 Å². The van der Waals surface area contributed by atoms with E-state index >= 15 is 0 Å². The normalized spacial score (nSPS) is 10.7. The monoisotopic (exact) mass is 284 g/mol. The summed E-state index contributed by atoms with van der Waals surface area (Å²) < 4.78 is 0. The molecule has 0 bridgehead atoms. The molecule has 1 rings (SSSR count). The highest BCUT2D eigenvalue weighted by Crippen LogP contribution is 2.35. The second-order valence-electron chi connectivity index (χ2n) is 4.74. The first-order valence-electron chi connectivity index (χ1n) is 6.10. The third-order valence-electron chi connectivity index (χ3n) is 2.66. The molecule has 0 unspecified atom stereocenters. The molecule has 0 atom stereocenters. The van der Waals surface area contributed by atoms with Crippen LogP contribution in [0.2, 0.25) is 0 Å². The first-order chi connectivity index (χ1) is 8.84. The highest BCUT2D eigenvalue weighted by atomic mass is 32.1. The number of nitrogens with one attached hydrogen (secondary N) is 1. The molecule has 7 N–H and O–H groups in total. The van der Waals surface area contributed by atoms with Crippen LogP contribution in [0.4, 0.5) is 10.7 Å². The van der Waals surface area contributed by atoms with Crippen LogP contribution in [0.3, 0.4) is 0 Å². The quantitative estimate of drug-likeness (QED) is 0.564. The molecule has 0 aromatic carbocycles. The highest BCUT2D eigenvalue weighted by Gasteiger charge is 2.22. The Morgan fingerprint density at radius 3 is 2.37 bits per heavy atom. The average molecular weight is 284 g/mol. The van der Waals surface area contributed by atoms with Gasteiger partial charge in [0.25, 0.3) is 11.8 Å². The van der Waals surface area contributed by atoms with E-state index in [1.807, 2.05) is 0 Å². The van der Waals surface area contributed by atoms with Crippen molar-refractivity contribution in [2.75, 3.05) is 17.6 Å². The van der Waals surface area contributed by atoms with Crippen molar-refractivity contribution in [1.29, 1.82) is 0 Å². The van der Waals surface area contributed by atoms with Gasteiger partial charge >= 0.3 is 0 Å². The maximum Gasteiger partial charge on any atom is 0.260 e. The number of thiophene rings is 1. The lowest BCUT2D eigenvalue weighted by molar-refractivity contribution is 0.0999. The molecule has 1 aromatic rings. The van der Waals surface area contributed by atoms with E-state index < -0.39 is 11.8 Å². The number of hydrogen-bond donors (Lipinski definition) is 4. The number of hydrogen-bond acceptors (Lipinski definition) is 5. The predicted octanol–water partition coefficient (Wildman–Crippen LogP) is 1.38. The summed E-state index contributed by atoms with van der Waals surface area (Å²) in [6.07, 6.45) is 2.03. The smallest absolute Gasteiger partial charge is 0.260 e. The van der Waals surface area contributed by atoms with Crippen molar-refractivity contribution in [2.45, 2.75) is 26.7 Å². The second-order valence-corrected chi connectivity index (χ2v) is 5.76. The van der Waals surface area contributed by atoms with Crippen LogP contribution in [0.15, 0.2) is 0 Å². The summed E-state index contributed by atoms with van der Waals surface area (Å²) in [7, 11) is 0. The molecule has 0 spiro atoms. The van der Waals surface area contributed by atoms with Gasteiger partial charge in [-0.3, -0.25) is 9.59 Å². The molecular weight excluding hydrogens is 264 g/mol. The Balaban J connectivity index is 2.84. The van der Waals surface area contributed by atoms with E-state index in [0.29, 0.717) is 17.5 Å². The van der Waals surface area contributed by atoms with Gasteiger partial charge in [0.05, 0.1) is 11.3 Å². The van der Waals surface area contributed by atoms with E-state index in [9.17, 15) is 9.59 Å². The Hall–Kier alpha value is -1.76. The minimum Gasteiger partial charge on any atom is -0.397 e. The third kappa shape index (κ3) is 3.85. The Bertz CT molecular complexity index is 482. The molecule has 19 heavy (non-hydrogen) atoms. The minimum absolute atomic E-state index is 0.0661. The number of primary amides is 2. The number of anilines is 2. The lowest BCUT2D eigenvalue weighted by atomic mass is 10.1. The average Bonchev–Trinajstić information content (AvgIpc) is 2.61. The summed E-state index contributed by atoms with van der Waals surface area (Å²) in [4.78, 5) is 22.7. The number of carbonyl (C=O) groups excluding carboxylic acids is 2. The van der Waals surface area contributed by atoms with E-state index in [4.69, 9.17) is 17.2 Å². The lowest BCUT2D eigenvalue weighted by Gasteiger charge is -2.07. The van der Waals surface area contributed by atoms with Crippen molar-refractivity contribution in [3.63, 3.8) is 0 Å². The molecule has 0 radical (unpaired) electrons. The molecule has 1 heterocycles. The molecule has 0 aliphatic heterocycles. The minimum atomic E-state index is -0.660. The van der Waals surface area contributed by atoms with Gasteiger partial charge in [-0.05, 0) is 18.8 Å². The van der Waals surface area contributed by atoms with Crippen LogP contribution in [0.1, 0.15) is 46.7 Å². The van der Waals surface area contributed by atoms with E-state index in [-0.39, 0.29) is 16.1 Å². The molecule has 0 aliphatic carbocycles. The standard InChI is InChI=1S/C12H20N4O2S/c1-6(2)4-3-5-16-12-7(10(14)17)8(13)9(19-12)11(15)18/h6,16H,3-5,13H2,1-2H3,(H2,14,17)(H2,15,18). The maximum absolute atomic E-state index is 11.4. The predicted molar refractivity (Wildman–Crippen MR) is 78.3 cm³/mol. The van der Waals surface area contributed by atoms with Crippen LogP contribution in [0.5, 0.6) is 0 Å². The van der Waals surface area contributed by atoms with Crippen molar-refractivity contribution < 1.29 is 9.59 Å². The van der Waals surface area contributed by atoms with Gasteiger partial charge in [0, 0.05) is 6.54 Å². The van der Waals surface area contributed by atoms with E-state index in [1.165, 1.54) is 0 Å². The second kappa shape index (κ2) is 6.42. The molecule has 1 aromatic heterocycles. The molecule has 0 aliphatic rings. The van der Waals surface area contributed by atoms with Crippen LogP contribution >= 0.6 is 11.3 Å². The lowest BCUT2D eigenvalue weighted by Crippen LogP contribution is -2.16. The van der Waals surface area contributed by atoms with Gasteiger partial charge in [0.15, 0.2) is 0 Å². The molecule has 6 nitrogen and oxygen atoms in total. The molecule has 2 amide bonds. The summed E-state index contributed by atoms with van der Waals surface area (Å²) >= 11 is 1.07. The molecule has 106 valence electrons. The summed E-state index contributed by atoms with van der Waals surface area (Å²) in [6, 6.07) is 0. The van der Waals surface area contributed by atoms with E-state index in [0.717, 1.165) is 24.2 Å². The van der Waals surface area contributed by atoms with Crippen LogP contribution < -0.4 is 22.5 Å². The topological polar surface area (TPSA) is 124 Å². The first-order valence-corrected chi connectivity index (χ1v) is 6.92. The summed E-state index contributed by atoms with van der Waals surface area (Å²) in [5.41, 5.74) is 16.4. The fourth-order valence-electron chi connectivity index (χ4n) is 1.71. The summed E-state index contributed by atoms with van der Waals surface area (Å²) in [6.45, 7) is 4.98.